The molecule has 6 heteroatoms. The van der Waals surface area contributed by atoms with E-state index in [0.717, 1.165) is 30.4 Å². The molecule has 1 aromatic carbocycles. The van der Waals surface area contributed by atoms with Gasteiger partial charge in [0, 0.05) is 18.5 Å². The molecule has 1 aromatic rings. The highest BCUT2D eigenvalue weighted by atomic mass is 16.5. The molecule has 23 heavy (non-hydrogen) atoms. The van der Waals surface area contributed by atoms with E-state index in [0.29, 0.717) is 6.67 Å². The quantitative estimate of drug-likeness (QED) is 0.858. The molecule has 6 nitrogen and oxygen atoms in total. The third-order valence-corrected chi connectivity index (χ3v) is 5.35. The van der Waals surface area contributed by atoms with Gasteiger partial charge in [0.2, 0.25) is 0 Å². The van der Waals surface area contributed by atoms with Crippen LogP contribution in [0, 0.1) is 5.41 Å². The highest BCUT2D eigenvalue weighted by molar-refractivity contribution is 5.91. The smallest absolute Gasteiger partial charge is 0.161 e. The molecule has 0 N–H and O–H groups in total. The summed E-state index contributed by atoms with van der Waals surface area (Å²) in [4.78, 5) is 6.85. The summed E-state index contributed by atoms with van der Waals surface area (Å²) in [6.45, 7) is 6.77. The Balaban J connectivity index is 2.10. The van der Waals surface area contributed by atoms with E-state index in [4.69, 9.17) is 9.47 Å². The van der Waals surface area contributed by atoms with Crippen molar-refractivity contribution >= 4 is 5.84 Å². The molecule has 0 aliphatic carbocycles. The largest absolute Gasteiger partial charge is 0.493 e. The molecule has 3 rings (SSSR count). The van der Waals surface area contributed by atoms with Crippen LogP contribution in [0.2, 0.25) is 0 Å². The van der Waals surface area contributed by atoms with Crippen LogP contribution in [0.4, 0.5) is 0 Å². The molecular weight excluding hydrogens is 292 g/mol. The summed E-state index contributed by atoms with van der Waals surface area (Å²) in [7, 11) is 5.45. The Morgan fingerprint density at radius 2 is 1.74 bits per heavy atom. The number of hydrogen-bond acceptors (Lipinski definition) is 6. The summed E-state index contributed by atoms with van der Waals surface area (Å²) < 4.78 is 10.9. The maximum atomic E-state index is 5.49. The van der Waals surface area contributed by atoms with Crippen LogP contribution in [0.5, 0.6) is 11.5 Å². The molecule has 2 aliphatic heterocycles. The second-order valence-corrected chi connectivity index (χ2v) is 6.77. The SMILES string of the molecule is COc1ccc([C@]2(C)CN(C)C[C@@]2(C)C2=NCN=N2)cc1OC. The third kappa shape index (κ3) is 2.32. The van der Waals surface area contributed by atoms with Gasteiger partial charge in [-0.05, 0) is 24.7 Å². The Morgan fingerprint density at radius 1 is 1.04 bits per heavy atom. The van der Waals surface area contributed by atoms with Crippen LogP contribution < -0.4 is 9.47 Å². The lowest BCUT2D eigenvalue weighted by Crippen LogP contribution is -2.45. The summed E-state index contributed by atoms with van der Waals surface area (Å²) in [5, 5.41) is 8.37. The van der Waals surface area contributed by atoms with Gasteiger partial charge in [-0.3, -0.25) is 0 Å². The minimum Gasteiger partial charge on any atom is -0.493 e. The average Bonchev–Trinajstić information content (AvgIpc) is 3.15. The van der Waals surface area contributed by atoms with E-state index in [1.54, 1.807) is 14.2 Å². The first-order valence-corrected chi connectivity index (χ1v) is 7.78. The lowest BCUT2D eigenvalue weighted by atomic mass is 9.63. The molecule has 124 valence electrons. The van der Waals surface area contributed by atoms with Crippen LogP contribution in [0.15, 0.2) is 33.4 Å². The first-order chi connectivity index (χ1) is 10.9. The van der Waals surface area contributed by atoms with Gasteiger partial charge in [0.25, 0.3) is 0 Å². The van der Waals surface area contributed by atoms with Crippen LogP contribution in [-0.4, -0.2) is 51.8 Å². The zero-order valence-electron chi connectivity index (χ0n) is 14.5. The van der Waals surface area contributed by atoms with Gasteiger partial charge < -0.3 is 14.4 Å². The molecule has 0 spiro atoms. The lowest BCUT2D eigenvalue weighted by molar-refractivity contribution is 0.317. The summed E-state index contributed by atoms with van der Waals surface area (Å²) in [6, 6.07) is 6.16. The Labute approximate surface area is 137 Å². The summed E-state index contributed by atoms with van der Waals surface area (Å²) in [5.74, 6) is 2.34. The molecule has 0 saturated carbocycles. The van der Waals surface area contributed by atoms with Crippen molar-refractivity contribution in [3.05, 3.63) is 23.8 Å². The van der Waals surface area contributed by atoms with Gasteiger partial charge in [0.1, 0.15) is 0 Å². The standard InChI is InChI=1S/C17H24N4O2/c1-16(12-6-7-13(22-4)14(8-12)23-5)9-21(3)10-17(16,2)15-18-11-19-20-15/h6-8H,9-11H2,1-5H3/t16-,17-/m0/s1. The fourth-order valence-corrected chi connectivity index (χ4v) is 3.90. The zero-order chi connectivity index (χ0) is 16.7. The number of ether oxygens (including phenoxy) is 2. The van der Waals surface area contributed by atoms with Crippen molar-refractivity contribution in [1.82, 2.24) is 4.90 Å². The number of rotatable bonds is 4. The van der Waals surface area contributed by atoms with Crippen LogP contribution in [0.3, 0.4) is 0 Å². The second-order valence-electron chi connectivity index (χ2n) is 6.77. The van der Waals surface area contributed by atoms with Crippen molar-refractivity contribution in [1.29, 1.82) is 0 Å². The summed E-state index contributed by atoms with van der Waals surface area (Å²) in [6.07, 6.45) is 0. The monoisotopic (exact) mass is 316 g/mol. The molecule has 0 unspecified atom stereocenters. The number of likely N-dealkylation sites (N-methyl/N-ethyl adjacent to an activating group) is 1. The number of benzene rings is 1. The zero-order valence-corrected chi connectivity index (χ0v) is 14.5. The van der Waals surface area contributed by atoms with Crippen molar-refractivity contribution in [3.8, 4) is 11.5 Å². The average molecular weight is 316 g/mol. The van der Waals surface area contributed by atoms with E-state index >= 15 is 0 Å². The molecule has 2 atom stereocenters. The van der Waals surface area contributed by atoms with Gasteiger partial charge in [-0.15, -0.1) is 5.11 Å². The molecule has 1 fully saturated rings. The molecular formula is C17H24N4O2. The lowest BCUT2D eigenvalue weighted by Gasteiger charge is -2.39. The number of hydrogen-bond donors (Lipinski definition) is 0. The predicted molar refractivity (Wildman–Crippen MR) is 89.7 cm³/mol. The van der Waals surface area contributed by atoms with E-state index in [1.807, 2.05) is 6.07 Å². The highest BCUT2D eigenvalue weighted by Crippen LogP contribution is 2.50. The van der Waals surface area contributed by atoms with Gasteiger partial charge in [-0.25, -0.2) is 4.99 Å². The van der Waals surface area contributed by atoms with Crippen LogP contribution >= 0.6 is 0 Å². The van der Waals surface area contributed by atoms with Gasteiger partial charge in [-0.1, -0.05) is 19.9 Å². The van der Waals surface area contributed by atoms with Crippen LogP contribution in [0.25, 0.3) is 0 Å². The number of likely N-dealkylation sites (tertiary alicyclic amines) is 1. The maximum Gasteiger partial charge on any atom is 0.161 e. The van der Waals surface area contributed by atoms with Crippen molar-refractivity contribution < 1.29 is 9.47 Å². The van der Waals surface area contributed by atoms with Gasteiger partial charge in [-0.2, -0.15) is 5.11 Å². The molecule has 0 bridgehead atoms. The minimum absolute atomic E-state index is 0.135. The molecule has 2 aliphatic rings. The maximum absolute atomic E-state index is 5.49. The summed E-state index contributed by atoms with van der Waals surface area (Å²) in [5.41, 5.74) is 0.872. The van der Waals surface area contributed by atoms with E-state index in [9.17, 15) is 0 Å². The van der Waals surface area contributed by atoms with E-state index in [-0.39, 0.29) is 10.8 Å². The van der Waals surface area contributed by atoms with Crippen LogP contribution in [-0.2, 0) is 5.41 Å². The third-order valence-electron chi connectivity index (χ3n) is 5.35. The number of azo groups is 1. The Morgan fingerprint density at radius 3 is 2.35 bits per heavy atom. The number of nitrogens with zero attached hydrogens (tertiary/aromatic N) is 4. The number of amidine groups is 1. The molecule has 1 saturated heterocycles. The first-order valence-electron chi connectivity index (χ1n) is 7.78. The topological polar surface area (TPSA) is 58.8 Å². The van der Waals surface area contributed by atoms with Crippen molar-refractivity contribution in [3.63, 3.8) is 0 Å². The van der Waals surface area contributed by atoms with E-state index in [1.165, 1.54) is 5.56 Å². The first kappa shape index (κ1) is 15.9. The van der Waals surface area contributed by atoms with Gasteiger partial charge in [0.15, 0.2) is 24.0 Å². The number of aliphatic imine (C=N–C) groups is 1. The van der Waals surface area contributed by atoms with E-state index in [2.05, 4.69) is 53.1 Å². The van der Waals surface area contributed by atoms with Crippen molar-refractivity contribution in [2.24, 2.45) is 20.6 Å². The van der Waals surface area contributed by atoms with Crippen molar-refractivity contribution in [2.75, 3.05) is 41.0 Å². The Bertz CT molecular complexity index is 673. The molecule has 0 amide bonds. The van der Waals surface area contributed by atoms with Gasteiger partial charge in [0.05, 0.1) is 19.6 Å². The van der Waals surface area contributed by atoms with E-state index < -0.39 is 0 Å². The number of methoxy groups -OCH3 is 2. The van der Waals surface area contributed by atoms with Crippen molar-refractivity contribution in [2.45, 2.75) is 19.3 Å². The normalized spacial score (nSPS) is 30.6. The van der Waals surface area contributed by atoms with Crippen LogP contribution in [0.1, 0.15) is 19.4 Å². The summed E-state index contributed by atoms with van der Waals surface area (Å²) >= 11 is 0. The fraction of sp³-hybridized carbons (Fsp3) is 0.588. The fourth-order valence-electron chi connectivity index (χ4n) is 3.90. The van der Waals surface area contributed by atoms with Gasteiger partial charge >= 0.3 is 0 Å². The molecule has 0 aromatic heterocycles. The Kier molecular flexibility index (Phi) is 3.88. The highest BCUT2D eigenvalue weighted by Gasteiger charge is 2.55. The molecule has 2 heterocycles. The molecule has 0 radical (unpaired) electrons. The minimum atomic E-state index is -0.193. The Hall–Kier alpha value is -1.95. The second kappa shape index (κ2) is 5.60. The predicted octanol–water partition coefficient (Wildman–Crippen LogP) is 2.74.